The van der Waals surface area contributed by atoms with Crippen molar-refractivity contribution in [2.24, 2.45) is 0 Å². The van der Waals surface area contributed by atoms with Crippen molar-refractivity contribution in [2.75, 3.05) is 12.4 Å². The number of nitrogens with one attached hydrogen (secondary N) is 1. The zero-order valence-electron chi connectivity index (χ0n) is 14.9. The number of carboxylic acids is 1. The molecule has 2 aromatic carbocycles. The lowest BCUT2D eigenvalue weighted by Crippen LogP contribution is -2.22. The number of thiophene rings is 1. The molecule has 1 aliphatic rings. The second-order valence-corrected chi connectivity index (χ2v) is 7.93. The van der Waals surface area contributed by atoms with Gasteiger partial charge in [0.05, 0.1) is 12.8 Å². The highest BCUT2D eigenvalue weighted by molar-refractivity contribution is 7.15. The molecule has 3 aromatic rings. The Bertz CT molecular complexity index is 1070. The molecule has 0 aliphatic carbocycles. The van der Waals surface area contributed by atoms with Crippen LogP contribution in [0.2, 0.25) is 5.02 Å². The third-order valence-corrected chi connectivity index (χ3v) is 6.27. The monoisotopic (exact) mass is 413 g/mol. The molecule has 1 atom stereocenters. The number of anilines is 1. The number of hydrogen-bond donors (Lipinski definition) is 2. The largest absolute Gasteiger partial charge is 0.497 e. The molecule has 7 heteroatoms. The predicted octanol–water partition coefficient (Wildman–Crippen LogP) is 5.25. The van der Waals surface area contributed by atoms with Gasteiger partial charge < -0.3 is 15.2 Å². The maximum atomic E-state index is 12.5. The number of hydrogen-bond acceptors (Lipinski definition) is 4. The molecule has 0 saturated heterocycles. The Hall–Kier alpha value is -2.83. The maximum absolute atomic E-state index is 12.5. The fourth-order valence-corrected chi connectivity index (χ4v) is 4.83. The van der Waals surface area contributed by atoms with Gasteiger partial charge in [0, 0.05) is 27.8 Å². The van der Waals surface area contributed by atoms with Crippen LogP contribution < -0.4 is 10.1 Å². The highest BCUT2D eigenvalue weighted by Crippen LogP contribution is 2.49. The van der Waals surface area contributed by atoms with Crippen LogP contribution in [0.1, 0.15) is 32.5 Å². The molecule has 142 valence electrons. The summed E-state index contributed by atoms with van der Waals surface area (Å²) in [5.74, 6) is -0.714. The first kappa shape index (κ1) is 18.5. The summed E-state index contributed by atoms with van der Waals surface area (Å²) in [4.78, 5) is 25.5. The summed E-state index contributed by atoms with van der Waals surface area (Å²) in [5, 5.41) is 13.2. The number of carboxylic acid groups (broad SMARTS) is 1. The number of fused-ring (bicyclic) bond motifs is 1. The fourth-order valence-electron chi connectivity index (χ4n) is 3.46. The highest BCUT2D eigenvalue weighted by Gasteiger charge is 2.34. The molecule has 2 heterocycles. The summed E-state index contributed by atoms with van der Waals surface area (Å²) in [7, 11) is 1.59. The predicted molar refractivity (Wildman–Crippen MR) is 110 cm³/mol. The van der Waals surface area contributed by atoms with Gasteiger partial charge in [-0.25, -0.2) is 4.79 Å². The zero-order chi connectivity index (χ0) is 19.8. The normalized spacial score (nSPS) is 15.6. The molecule has 0 radical (unpaired) electrons. The molecule has 2 N–H and O–H groups in total. The van der Waals surface area contributed by atoms with Gasteiger partial charge in [0.1, 0.15) is 10.6 Å². The lowest BCUT2D eigenvalue weighted by atomic mass is 9.88. The molecule has 1 aliphatic heterocycles. The summed E-state index contributed by atoms with van der Waals surface area (Å²) < 4.78 is 5.30. The number of carbonyl (C=O) groups is 2. The Morgan fingerprint density at radius 1 is 1.25 bits per heavy atom. The van der Waals surface area contributed by atoms with Gasteiger partial charge in [-0.05, 0) is 35.4 Å². The summed E-state index contributed by atoms with van der Waals surface area (Å²) in [6.45, 7) is 0. The summed E-state index contributed by atoms with van der Waals surface area (Å²) in [6, 6.07) is 14.5. The summed E-state index contributed by atoms with van der Waals surface area (Å²) in [6.07, 6.45) is 0.250. The number of benzene rings is 2. The van der Waals surface area contributed by atoms with E-state index >= 15 is 0 Å². The standard InChI is InChI=1S/C21H16ClNO4S/c1-27-14-4-2-3-12(9-14)15-10-16(24)23-18-17(11-5-7-13(22)8-6-11)20(21(25)26)28-19(15)18/h2-9,15H,10H2,1H3,(H,23,24)(H,25,26)/t15-/m0/s1. The van der Waals surface area contributed by atoms with Gasteiger partial charge in [0.2, 0.25) is 5.91 Å². The van der Waals surface area contributed by atoms with Crippen LogP contribution in [0.5, 0.6) is 5.75 Å². The number of aromatic carboxylic acids is 1. The fraction of sp³-hybridized carbons (Fsp3) is 0.143. The molecular weight excluding hydrogens is 398 g/mol. The first-order chi connectivity index (χ1) is 13.5. The minimum absolute atomic E-state index is 0.148. The van der Waals surface area contributed by atoms with E-state index in [1.165, 1.54) is 11.3 Å². The van der Waals surface area contributed by atoms with E-state index in [0.717, 1.165) is 10.4 Å². The van der Waals surface area contributed by atoms with Crippen molar-refractivity contribution in [3.8, 4) is 16.9 Å². The average Bonchev–Trinajstić information content (AvgIpc) is 3.07. The number of methoxy groups -OCH3 is 1. The Morgan fingerprint density at radius 2 is 2.00 bits per heavy atom. The Balaban J connectivity index is 1.92. The third kappa shape index (κ3) is 3.25. The van der Waals surface area contributed by atoms with Crippen molar-refractivity contribution in [2.45, 2.75) is 12.3 Å². The number of halogens is 1. The smallest absolute Gasteiger partial charge is 0.346 e. The van der Waals surface area contributed by atoms with E-state index in [1.54, 1.807) is 31.4 Å². The lowest BCUT2D eigenvalue weighted by Gasteiger charge is -2.24. The maximum Gasteiger partial charge on any atom is 0.346 e. The van der Waals surface area contributed by atoms with Crippen molar-refractivity contribution in [3.63, 3.8) is 0 Å². The molecule has 0 unspecified atom stereocenters. The third-order valence-electron chi connectivity index (χ3n) is 4.73. The van der Waals surface area contributed by atoms with Gasteiger partial charge in [-0.2, -0.15) is 0 Å². The quantitative estimate of drug-likeness (QED) is 0.612. The second kappa shape index (κ2) is 7.30. The van der Waals surface area contributed by atoms with E-state index < -0.39 is 5.97 Å². The zero-order valence-corrected chi connectivity index (χ0v) is 16.4. The van der Waals surface area contributed by atoms with Crippen LogP contribution in [0.4, 0.5) is 5.69 Å². The van der Waals surface area contributed by atoms with E-state index in [9.17, 15) is 14.7 Å². The number of carbonyl (C=O) groups excluding carboxylic acids is 1. The molecule has 0 fully saturated rings. The number of amides is 1. The van der Waals surface area contributed by atoms with Crippen molar-refractivity contribution in [1.82, 2.24) is 0 Å². The van der Waals surface area contributed by atoms with E-state index in [4.69, 9.17) is 16.3 Å². The van der Waals surface area contributed by atoms with Crippen LogP contribution in [0, 0.1) is 0 Å². The minimum atomic E-state index is -1.03. The van der Waals surface area contributed by atoms with Crippen LogP contribution in [0.15, 0.2) is 48.5 Å². The van der Waals surface area contributed by atoms with Crippen LogP contribution in [-0.2, 0) is 4.79 Å². The number of ether oxygens (including phenoxy) is 1. The van der Waals surface area contributed by atoms with Crippen molar-refractivity contribution in [3.05, 3.63) is 68.9 Å². The Morgan fingerprint density at radius 3 is 2.68 bits per heavy atom. The molecule has 0 saturated carbocycles. The lowest BCUT2D eigenvalue weighted by molar-refractivity contribution is -0.116. The molecule has 1 amide bonds. The van der Waals surface area contributed by atoms with Crippen LogP contribution in [0.3, 0.4) is 0 Å². The molecular formula is C21H16ClNO4S. The van der Waals surface area contributed by atoms with Gasteiger partial charge in [0.15, 0.2) is 0 Å². The topological polar surface area (TPSA) is 75.6 Å². The molecule has 28 heavy (non-hydrogen) atoms. The second-order valence-electron chi connectivity index (χ2n) is 6.44. The average molecular weight is 414 g/mol. The minimum Gasteiger partial charge on any atom is -0.497 e. The van der Waals surface area contributed by atoms with E-state index in [0.29, 0.717) is 27.6 Å². The molecule has 4 rings (SSSR count). The molecule has 0 spiro atoms. The van der Waals surface area contributed by atoms with Gasteiger partial charge in [0.25, 0.3) is 0 Å². The number of rotatable bonds is 4. The van der Waals surface area contributed by atoms with Gasteiger partial charge in [-0.15, -0.1) is 11.3 Å². The first-order valence-corrected chi connectivity index (χ1v) is 9.77. The van der Waals surface area contributed by atoms with Gasteiger partial charge >= 0.3 is 5.97 Å². The molecule has 1 aromatic heterocycles. The van der Waals surface area contributed by atoms with Crippen molar-refractivity contribution in [1.29, 1.82) is 0 Å². The van der Waals surface area contributed by atoms with Gasteiger partial charge in [-0.3, -0.25) is 4.79 Å². The Labute approximate surface area is 170 Å². The first-order valence-electron chi connectivity index (χ1n) is 8.57. The van der Waals surface area contributed by atoms with Crippen LogP contribution >= 0.6 is 22.9 Å². The molecule has 0 bridgehead atoms. The SMILES string of the molecule is COc1cccc([C@@H]2CC(=O)Nc3c2sc(C(=O)O)c3-c2ccc(Cl)cc2)c1. The Kier molecular flexibility index (Phi) is 4.83. The van der Waals surface area contributed by atoms with Crippen LogP contribution in [0.25, 0.3) is 11.1 Å². The summed E-state index contributed by atoms with van der Waals surface area (Å²) in [5.41, 5.74) is 2.70. The van der Waals surface area contributed by atoms with E-state index in [-0.39, 0.29) is 23.1 Å². The van der Waals surface area contributed by atoms with E-state index in [2.05, 4.69) is 5.32 Å². The summed E-state index contributed by atoms with van der Waals surface area (Å²) >= 11 is 7.18. The van der Waals surface area contributed by atoms with Crippen molar-refractivity contribution >= 4 is 40.5 Å². The van der Waals surface area contributed by atoms with Gasteiger partial charge in [-0.1, -0.05) is 35.9 Å². The van der Waals surface area contributed by atoms with Crippen molar-refractivity contribution < 1.29 is 19.4 Å². The van der Waals surface area contributed by atoms with E-state index in [1.807, 2.05) is 24.3 Å². The molecule has 5 nitrogen and oxygen atoms in total. The van der Waals surface area contributed by atoms with Crippen LogP contribution in [-0.4, -0.2) is 24.1 Å². The highest BCUT2D eigenvalue weighted by atomic mass is 35.5.